The van der Waals surface area contributed by atoms with Crippen LogP contribution in [0.15, 0.2) is 83.8 Å². The highest BCUT2D eigenvalue weighted by atomic mass is 32.2. The molecule has 1 saturated heterocycles. The molecule has 34 heavy (non-hydrogen) atoms. The number of para-hydroxylation sites is 2. The molecule has 3 aromatic carbocycles. The summed E-state index contributed by atoms with van der Waals surface area (Å²) in [5, 5.41) is -0.313. The molecular formula is C28H27NO4S. The number of thioether (sulfide) groups is 1. The zero-order valence-corrected chi connectivity index (χ0v) is 20.3. The number of rotatable bonds is 7. The zero-order chi connectivity index (χ0) is 24.1. The maximum absolute atomic E-state index is 12.9. The SMILES string of the molecule is CC(C)(C)c1ccc(OCCOc2ccccc2/C=C2/SC(=O)N(c3ccccc3)C2=O)cc1. The van der Waals surface area contributed by atoms with Gasteiger partial charge in [0.15, 0.2) is 0 Å². The molecule has 0 radical (unpaired) electrons. The fraction of sp³-hybridized carbons (Fsp3) is 0.214. The molecule has 0 unspecified atom stereocenters. The molecule has 0 saturated carbocycles. The van der Waals surface area contributed by atoms with Gasteiger partial charge >= 0.3 is 0 Å². The molecule has 0 aliphatic carbocycles. The zero-order valence-electron chi connectivity index (χ0n) is 19.5. The summed E-state index contributed by atoms with van der Waals surface area (Å²) in [4.78, 5) is 26.9. The van der Waals surface area contributed by atoms with Crippen LogP contribution < -0.4 is 14.4 Å². The van der Waals surface area contributed by atoms with Gasteiger partial charge in [0.25, 0.3) is 11.1 Å². The standard InChI is InChI=1S/C28H27NO4S/c1-28(2,3)21-13-15-23(16-14-21)32-17-18-33-24-12-8-7-9-20(24)19-25-26(30)29(27(31)34-25)22-10-5-4-6-11-22/h4-16,19H,17-18H2,1-3H3/b25-19+. The highest BCUT2D eigenvalue weighted by molar-refractivity contribution is 8.19. The van der Waals surface area contributed by atoms with Gasteiger partial charge < -0.3 is 9.47 Å². The van der Waals surface area contributed by atoms with Crippen molar-refractivity contribution in [2.24, 2.45) is 0 Å². The van der Waals surface area contributed by atoms with Crippen LogP contribution >= 0.6 is 11.8 Å². The molecule has 0 spiro atoms. The number of amides is 2. The summed E-state index contributed by atoms with van der Waals surface area (Å²) in [6.45, 7) is 7.26. The molecule has 4 rings (SSSR count). The van der Waals surface area contributed by atoms with Gasteiger partial charge in [0.2, 0.25) is 0 Å². The van der Waals surface area contributed by atoms with Gasteiger partial charge in [-0.15, -0.1) is 0 Å². The molecule has 1 aliphatic heterocycles. The first-order chi connectivity index (χ1) is 16.3. The number of nitrogens with zero attached hydrogens (tertiary/aromatic N) is 1. The Morgan fingerprint density at radius 1 is 0.824 bits per heavy atom. The summed E-state index contributed by atoms with van der Waals surface area (Å²) >= 11 is 0.927. The molecule has 1 aliphatic rings. The predicted molar refractivity (Wildman–Crippen MR) is 137 cm³/mol. The van der Waals surface area contributed by atoms with Gasteiger partial charge in [-0.2, -0.15) is 0 Å². The average molecular weight is 474 g/mol. The van der Waals surface area contributed by atoms with Crippen LogP contribution in [0.5, 0.6) is 11.5 Å². The van der Waals surface area contributed by atoms with E-state index in [1.807, 2.05) is 42.5 Å². The van der Waals surface area contributed by atoms with Gasteiger partial charge in [-0.1, -0.05) is 69.3 Å². The van der Waals surface area contributed by atoms with Crippen LogP contribution in [-0.2, 0) is 10.2 Å². The molecule has 5 nitrogen and oxygen atoms in total. The van der Waals surface area contributed by atoms with E-state index < -0.39 is 0 Å². The molecule has 0 bridgehead atoms. The molecule has 3 aromatic rings. The number of carbonyl (C=O) groups is 2. The van der Waals surface area contributed by atoms with Crippen LogP contribution in [0.2, 0.25) is 0 Å². The van der Waals surface area contributed by atoms with E-state index in [1.165, 1.54) is 10.5 Å². The van der Waals surface area contributed by atoms with Crippen LogP contribution in [0.4, 0.5) is 10.5 Å². The molecule has 2 amide bonds. The summed E-state index contributed by atoms with van der Waals surface area (Å²) < 4.78 is 11.7. The van der Waals surface area contributed by atoms with E-state index in [1.54, 1.807) is 30.3 Å². The monoisotopic (exact) mass is 473 g/mol. The molecule has 6 heteroatoms. The lowest BCUT2D eigenvalue weighted by atomic mass is 9.87. The molecule has 1 fully saturated rings. The van der Waals surface area contributed by atoms with E-state index in [0.717, 1.165) is 23.1 Å². The molecule has 0 aromatic heterocycles. The number of imide groups is 1. The maximum atomic E-state index is 12.9. The van der Waals surface area contributed by atoms with Gasteiger partial charge in [0.05, 0.1) is 10.6 Å². The van der Waals surface area contributed by atoms with Gasteiger partial charge in [-0.3, -0.25) is 9.59 Å². The summed E-state index contributed by atoms with van der Waals surface area (Å²) in [5.74, 6) is 1.08. The van der Waals surface area contributed by atoms with Gasteiger partial charge in [0, 0.05) is 5.56 Å². The summed E-state index contributed by atoms with van der Waals surface area (Å²) in [6, 6.07) is 24.5. The fourth-order valence-electron chi connectivity index (χ4n) is 3.50. The molecule has 1 heterocycles. The average Bonchev–Trinajstić information content (AvgIpc) is 3.10. The van der Waals surface area contributed by atoms with Crippen molar-refractivity contribution in [1.29, 1.82) is 0 Å². The van der Waals surface area contributed by atoms with Crippen molar-refractivity contribution in [1.82, 2.24) is 0 Å². The number of ether oxygens (including phenoxy) is 2. The van der Waals surface area contributed by atoms with E-state index >= 15 is 0 Å². The Morgan fingerprint density at radius 3 is 2.18 bits per heavy atom. The van der Waals surface area contributed by atoms with Crippen LogP contribution in [-0.4, -0.2) is 24.4 Å². The van der Waals surface area contributed by atoms with Crippen LogP contribution in [0, 0.1) is 0 Å². The number of hydrogen-bond donors (Lipinski definition) is 0. The Labute approximate surface area is 204 Å². The van der Waals surface area contributed by atoms with Gasteiger partial charge in [-0.05, 0) is 59.1 Å². The van der Waals surface area contributed by atoms with Crippen molar-refractivity contribution in [2.75, 3.05) is 18.1 Å². The third-order valence-electron chi connectivity index (χ3n) is 5.34. The summed E-state index contributed by atoms with van der Waals surface area (Å²) in [7, 11) is 0. The van der Waals surface area contributed by atoms with E-state index in [-0.39, 0.29) is 16.6 Å². The predicted octanol–water partition coefficient (Wildman–Crippen LogP) is 6.68. The molecule has 174 valence electrons. The van der Waals surface area contributed by atoms with E-state index in [2.05, 4.69) is 32.9 Å². The number of anilines is 1. The Kier molecular flexibility index (Phi) is 7.08. The largest absolute Gasteiger partial charge is 0.490 e. The number of hydrogen-bond acceptors (Lipinski definition) is 5. The van der Waals surface area contributed by atoms with Crippen molar-refractivity contribution >= 4 is 34.7 Å². The Hall–Kier alpha value is -3.51. The Morgan fingerprint density at radius 2 is 1.47 bits per heavy atom. The van der Waals surface area contributed by atoms with Crippen molar-refractivity contribution in [2.45, 2.75) is 26.2 Å². The van der Waals surface area contributed by atoms with Crippen molar-refractivity contribution < 1.29 is 19.1 Å². The third-order valence-corrected chi connectivity index (χ3v) is 6.21. The third kappa shape index (κ3) is 5.51. The molecule has 0 N–H and O–H groups in total. The second-order valence-electron chi connectivity index (χ2n) is 8.86. The first-order valence-electron chi connectivity index (χ1n) is 11.1. The first-order valence-corrected chi connectivity index (χ1v) is 11.9. The van der Waals surface area contributed by atoms with Crippen LogP contribution in [0.25, 0.3) is 6.08 Å². The normalized spacial score (nSPS) is 15.1. The lowest BCUT2D eigenvalue weighted by Crippen LogP contribution is -2.27. The van der Waals surface area contributed by atoms with Gasteiger partial charge in [-0.25, -0.2) is 4.90 Å². The molecule has 0 atom stereocenters. The first kappa shape index (κ1) is 23.6. The van der Waals surface area contributed by atoms with E-state index in [0.29, 0.717) is 29.6 Å². The lowest BCUT2D eigenvalue weighted by Gasteiger charge is -2.19. The van der Waals surface area contributed by atoms with Crippen molar-refractivity contribution in [3.05, 3.63) is 94.9 Å². The van der Waals surface area contributed by atoms with Gasteiger partial charge in [0.1, 0.15) is 24.7 Å². The topological polar surface area (TPSA) is 55.8 Å². The summed E-state index contributed by atoms with van der Waals surface area (Å²) in [5.41, 5.74) is 2.64. The smallest absolute Gasteiger partial charge is 0.298 e. The van der Waals surface area contributed by atoms with Crippen LogP contribution in [0.1, 0.15) is 31.9 Å². The second-order valence-corrected chi connectivity index (χ2v) is 9.85. The van der Waals surface area contributed by atoms with Crippen LogP contribution in [0.3, 0.4) is 0 Å². The Bertz CT molecular complexity index is 1200. The quantitative estimate of drug-likeness (QED) is 0.283. The summed E-state index contributed by atoms with van der Waals surface area (Å²) in [6.07, 6.45) is 1.70. The minimum atomic E-state index is -0.335. The maximum Gasteiger partial charge on any atom is 0.298 e. The fourth-order valence-corrected chi connectivity index (χ4v) is 4.33. The minimum absolute atomic E-state index is 0.0988. The highest BCUT2D eigenvalue weighted by Crippen LogP contribution is 2.36. The van der Waals surface area contributed by atoms with E-state index in [4.69, 9.17) is 9.47 Å². The van der Waals surface area contributed by atoms with E-state index in [9.17, 15) is 9.59 Å². The molecular weight excluding hydrogens is 446 g/mol. The minimum Gasteiger partial charge on any atom is -0.490 e. The van der Waals surface area contributed by atoms with Crippen molar-refractivity contribution in [3.63, 3.8) is 0 Å². The number of carbonyl (C=O) groups excluding carboxylic acids is 2. The second kappa shape index (κ2) is 10.2. The highest BCUT2D eigenvalue weighted by Gasteiger charge is 2.36. The number of benzene rings is 3. The lowest BCUT2D eigenvalue weighted by molar-refractivity contribution is -0.113. The Balaban J connectivity index is 1.39. The van der Waals surface area contributed by atoms with Crippen molar-refractivity contribution in [3.8, 4) is 11.5 Å².